The van der Waals surface area contributed by atoms with E-state index in [4.69, 9.17) is 9.47 Å². The second-order valence-corrected chi connectivity index (χ2v) is 5.48. The fourth-order valence-electron chi connectivity index (χ4n) is 2.97. The highest BCUT2D eigenvalue weighted by molar-refractivity contribution is 5.78. The molecule has 4 heteroatoms. The molecule has 0 bridgehead atoms. The third-order valence-electron chi connectivity index (χ3n) is 4.02. The molecule has 3 rings (SSSR count). The lowest BCUT2D eigenvalue weighted by atomic mass is 10.1. The maximum absolute atomic E-state index is 12.6. The highest BCUT2D eigenvalue weighted by Crippen LogP contribution is 2.27. The minimum Gasteiger partial charge on any atom is -0.458 e. The number of esters is 1. The molecule has 0 radical (unpaired) electrons. The second-order valence-electron chi connectivity index (χ2n) is 5.48. The summed E-state index contributed by atoms with van der Waals surface area (Å²) in [4.78, 5) is 14.8. The Morgan fingerprint density at radius 2 is 2.00 bits per heavy atom. The van der Waals surface area contributed by atoms with Crippen molar-refractivity contribution in [3.8, 4) is 0 Å². The molecule has 2 aliphatic heterocycles. The van der Waals surface area contributed by atoms with Crippen molar-refractivity contribution >= 4 is 5.97 Å². The smallest absolute Gasteiger partial charge is 0.328 e. The number of carbonyl (C=O) groups is 1. The van der Waals surface area contributed by atoms with Gasteiger partial charge in [0.05, 0.1) is 13.2 Å². The van der Waals surface area contributed by atoms with Crippen molar-refractivity contribution < 1.29 is 14.3 Å². The first-order chi connectivity index (χ1) is 9.84. The van der Waals surface area contributed by atoms with Crippen LogP contribution in [0, 0.1) is 0 Å². The minimum absolute atomic E-state index is 0.0729. The Kier molecular flexibility index (Phi) is 4.33. The average Bonchev–Trinajstić information content (AvgIpc) is 3.14. The van der Waals surface area contributed by atoms with Crippen molar-refractivity contribution in [1.82, 2.24) is 4.90 Å². The Morgan fingerprint density at radius 3 is 2.65 bits per heavy atom. The van der Waals surface area contributed by atoms with Gasteiger partial charge in [0.25, 0.3) is 0 Å². The van der Waals surface area contributed by atoms with Crippen LogP contribution in [0.5, 0.6) is 0 Å². The van der Waals surface area contributed by atoms with E-state index in [2.05, 4.69) is 4.90 Å². The van der Waals surface area contributed by atoms with Crippen LogP contribution in [-0.4, -0.2) is 43.3 Å². The number of hydrogen-bond acceptors (Lipinski definition) is 4. The number of carbonyl (C=O) groups excluding carboxylic acids is 1. The zero-order valence-electron chi connectivity index (χ0n) is 11.7. The van der Waals surface area contributed by atoms with E-state index in [0.717, 1.165) is 37.9 Å². The summed E-state index contributed by atoms with van der Waals surface area (Å²) in [6.45, 7) is 3.16. The molecule has 108 valence electrons. The normalized spacial score (nSPS) is 24.7. The van der Waals surface area contributed by atoms with Crippen LogP contribution in [0.3, 0.4) is 0 Å². The van der Waals surface area contributed by atoms with Gasteiger partial charge in [0.1, 0.15) is 12.1 Å². The number of hydrogen-bond donors (Lipinski definition) is 0. The Labute approximate surface area is 119 Å². The fraction of sp³-hybridized carbons (Fsp3) is 0.562. The highest BCUT2D eigenvalue weighted by atomic mass is 16.6. The molecule has 1 aromatic carbocycles. The molecular weight excluding hydrogens is 254 g/mol. The first-order valence-corrected chi connectivity index (χ1v) is 7.42. The van der Waals surface area contributed by atoms with Crippen molar-refractivity contribution in [2.45, 2.75) is 31.4 Å². The molecule has 2 heterocycles. The lowest BCUT2D eigenvalue weighted by Gasteiger charge is -2.27. The number of benzene rings is 1. The second kappa shape index (κ2) is 6.37. The Bertz CT molecular complexity index is 436. The molecule has 0 aliphatic carbocycles. The third-order valence-corrected chi connectivity index (χ3v) is 4.02. The van der Waals surface area contributed by atoms with Crippen LogP contribution in [0.4, 0.5) is 0 Å². The zero-order chi connectivity index (χ0) is 13.8. The topological polar surface area (TPSA) is 38.8 Å². The largest absolute Gasteiger partial charge is 0.458 e. The van der Waals surface area contributed by atoms with Gasteiger partial charge < -0.3 is 9.47 Å². The molecule has 2 saturated heterocycles. The van der Waals surface area contributed by atoms with E-state index in [1.807, 2.05) is 30.3 Å². The van der Waals surface area contributed by atoms with Crippen LogP contribution < -0.4 is 0 Å². The van der Waals surface area contributed by atoms with Gasteiger partial charge in [-0.05, 0) is 31.5 Å². The zero-order valence-corrected chi connectivity index (χ0v) is 11.7. The quantitative estimate of drug-likeness (QED) is 0.789. The van der Waals surface area contributed by atoms with Gasteiger partial charge in [0.2, 0.25) is 0 Å². The van der Waals surface area contributed by atoms with Crippen molar-refractivity contribution in [3.63, 3.8) is 0 Å². The molecule has 0 saturated carbocycles. The highest BCUT2D eigenvalue weighted by Gasteiger charge is 2.33. The molecule has 0 N–H and O–H groups in total. The number of rotatable bonds is 4. The maximum atomic E-state index is 12.6. The average molecular weight is 275 g/mol. The fourth-order valence-corrected chi connectivity index (χ4v) is 2.97. The van der Waals surface area contributed by atoms with E-state index < -0.39 is 0 Å². The predicted molar refractivity (Wildman–Crippen MR) is 75.3 cm³/mol. The van der Waals surface area contributed by atoms with E-state index in [9.17, 15) is 4.79 Å². The van der Waals surface area contributed by atoms with E-state index >= 15 is 0 Å². The van der Waals surface area contributed by atoms with Crippen LogP contribution in [0.1, 0.15) is 30.9 Å². The molecule has 0 aromatic heterocycles. The van der Waals surface area contributed by atoms with Gasteiger partial charge in [0.15, 0.2) is 0 Å². The Morgan fingerprint density at radius 1 is 1.25 bits per heavy atom. The standard InChI is InChI=1S/C16H21NO3/c18-16(20-14-8-11-19-12-14)15(17-9-4-5-10-17)13-6-2-1-3-7-13/h1-3,6-7,14-15H,4-5,8-12H2. The molecule has 4 nitrogen and oxygen atoms in total. The number of nitrogens with zero attached hydrogens (tertiary/aromatic N) is 1. The van der Waals surface area contributed by atoms with Crippen LogP contribution in [0.2, 0.25) is 0 Å². The summed E-state index contributed by atoms with van der Waals surface area (Å²) in [5.41, 5.74) is 1.03. The van der Waals surface area contributed by atoms with Crippen LogP contribution in [0.15, 0.2) is 30.3 Å². The summed E-state index contributed by atoms with van der Waals surface area (Å²) in [5.74, 6) is -0.131. The SMILES string of the molecule is O=C(OC1CCOC1)C(c1ccccc1)N1CCCC1. The number of likely N-dealkylation sites (tertiary alicyclic amines) is 1. The van der Waals surface area contributed by atoms with Gasteiger partial charge in [-0.1, -0.05) is 30.3 Å². The summed E-state index contributed by atoms with van der Waals surface area (Å²) in [5, 5.41) is 0. The molecule has 2 unspecified atom stereocenters. The predicted octanol–water partition coefficient (Wildman–Crippen LogP) is 2.16. The molecular formula is C16H21NO3. The van der Waals surface area contributed by atoms with Gasteiger partial charge in [0, 0.05) is 6.42 Å². The third kappa shape index (κ3) is 3.02. The van der Waals surface area contributed by atoms with Crippen molar-refractivity contribution in [2.75, 3.05) is 26.3 Å². The molecule has 2 aliphatic rings. The summed E-state index contributed by atoms with van der Waals surface area (Å²) in [6, 6.07) is 9.68. The first kappa shape index (κ1) is 13.6. The van der Waals surface area contributed by atoms with Crippen LogP contribution in [0.25, 0.3) is 0 Å². The summed E-state index contributed by atoms with van der Waals surface area (Å²) < 4.78 is 10.9. The van der Waals surface area contributed by atoms with Crippen LogP contribution in [-0.2, 0) is 14.3 Å². The maximum Gasteiger partial charge on any atom is 0.328 e. The molecule has 0 amide bonds. The molecule has 20 heavy (non-hydrogen) atoms. The first-order valence-electron chi connectivity index (χ1n) is 7.42. The monoisotopic (exact) mass is 275 g/mol. The lowest BCUT2D eigenvalue weighted by Crippen LogP contribution is -2.35. The van der Waals surface area contributed by atoms with Gasteiger partial charge in [-0.25, -0.2) is 4.79 Å². The minimum atomic E-state index is -0.265. The van der Waals surface area contributed by atoms with Crippen molar-refractivity contribution in [2.24, 2.45) is 0 Å². The van der Waals surface area contributed by atoms with Gasteiger partial charge >= 0.3 is 5.97 Å². The van der Waals surface area contributed by atoms with E-state index in [1.165, 1.54) is 0 Å². The van der Waals surface area contributed by atoms with Crippen LogP contribution >= 0.6 is 0 Å². The Hall–Kier alpha value is -1.39. The van der Waals surface area contributed by atoms with Gasteiger partial charge in [-0.3, -0.25) is 4.90 Å². The number of ether oxygens (including phenoxy) is 2. The van der Waals surface area contributed by atoms with E-state index in [1.54, 1.807) is 0 Å². The Balaban J connectivity index is 1.75. The van der Waals surface area contributed by atoms with E-state index in [-0.39, 0.29) is 18.1 Å². The molecule has 2 fully saturated rings. The molecule has 1 aromatic rings. The lowest BCUT2D eigenvalue weighted by molar-refractivity contribution is -0.155. The summed E-state index contributed by atoms with van der Waals surface area (Å²) in [6.07, 6.45) is 3.05. The summed E-state index contributed by atoms with van der Waals surface area (Å²) >= 11 is 0. The van der Waals surface area contributed by atoms with Gasteiger partial charge in [-0.2, -0.15) is 0 Å². The van der Waals surface area contributed by atoms with Crippen molar-refractivity contribution in [1.29, 1.82) is 0 Å². The molecule has 0 spiro atoms. The van der Waals surface area contributed by atoms with Gasteiger partial charge in [-0.15, -0.1) is 0 Å². The van der Waals surface area contributed by atoms with Crippen molar-refractivity contribution in [3.05, 3.63) is 35.9 Å². The van der Waals surface area contributed by atoms with E-state index in [0.29, 0.717) is 13.2 Å². The summed E-state index contributed by atoms with van der Waals surface area (Å²) in [7, 11) is 0. The molecule has 2 atom stereocenters.